The summed E-state index contributed by atoms with van der Waals surface area (Å²) in [5.41, 5.74) is 0.935. The molecule has 4 nitrogen and oxygen atoms in total. The fraction of sp³-hybridized carbons (Fsp3) is 0.0909. The summed E-state index contributed by atoms with van der Waals surface area (Å²) in [6, 6.07) is 17.9. The molecule has 8 heteroatoms. The van der Waals surface area contributed by atoms with Crippen LogP contribution in [0.15, 0.2) is 76.7 Å². The molecule has 0 spiro atoms. The molecule has 0 aliphatic rings. The molecule has 4 rings (SSSR count). The first kappa shape index (κ1) is 20.7. The Balaban J connectivity index is 1.61. The van der Waals surface area contributed by atoms with Crippen LogP contribution in [0.4, 0.5) is 4.39 Å². The van der Waals surface area contributed by atoms with Gasteiger partial charge in [0, 0.05) is 10.8 Å². The van der Waals surface area contributed by atoms with Crippen LogP contribution in [0.5, 0.6) is 5.75 Å². The lowest BCUT2D eigenvalue weighted by Gasteiger charge is -2.13. The number of hydrogen-bond donors (Lipinski definition) is 0. The molecule has 0 saturated carbocycles. The molecule has 0 bridgehead atoms. The number of fused-ring (bicyclic) bond motifs is 1. The van der Waals surface area contributed by atoms with Gasteiger partial charge in [-0.2, -0.15) is 0 Å². The number of aromatic nitrogens is 2. The number of nitrogens with zero attached hydrogens (tertiary/aromatic N) is 2. The smallest absolute Gasteiger partial charge is 0.266 e. The molecule has 4 aromatic rings. The van der Waals surface area contributed by atoms with Crippen molar-refractivity contribution in [1.29, 1.82) is 0 Å². The summed E-state index contributed by atoms with van der Waals surface area (Å²) < 4.78 is 20.6. The molecular formula is C22H15Cl2FN2O2S. The first-order valence-electron chi connectivity index (χ1n) is 9.01. The van der Waals surface area contributed by atoms with Gasteiger partial charge in [-0.3, -0.25) is 9.36 Å². The van der Waals surface area contributed by atoms with E-state index in [0.29, 0.717) is 49.9 Å². The highest BCUT2D eigenvalue weighted by atomic mass is 35.5. The zero-order valence-corrected chi connectivity index (χ0v) is 17.8. The van der Waals surface area contributed by atoms with Crippen molar-refractivity contribution in [1.82, 2.24) is 9.55 Å². The van der Waals surface area contributed by atoms with Crippen LogP contribution in [0.25, 0.3) is 16.6 Å². The van der Waals surface area contributed by atoms with Gasteiger partial charge in [0.1, 0.15) is 11.6 Å². The predicted molar refractivity (Wildman–Crippen MR) is 120 cm³/mol. The molecular weight excluding hydrogens is 446 g/mol. The molecule has 0 atom stereocenters. The Morgan fingerprint density at radius 1 is 1.03 bits per heavy atom. The summed E-state index contributed by atoms with van der Waals surface area (Å²) in [5, 5.41) is 1.96. The zero-order chi connectivity index (χ0) is 21.1. The number of ether oxygens (including phenoxy) is 1. The highest BCUT2D eigenvalue weighted by Gasteiger charge is 2.13. The van der Waals surface area contributed by atoms with Gasteiger partial charge >= 0.3 is 0 Å². The Kier molecular flexibility index (Phi) is 6.27. The maximum atomic E-state index is 13.4. The van der Waals surface area contributed by atoms with E-state index in [-0.39, 0.29) is 11.4 Å². The molecule has 1 aromatic heterocycles. The lowest BCUT2D eigenvalue weighted by Crippen LogP contribution is -2.22. The van der Waals surface area contributed by atoms with Crippen LogP contribution < -0.4 is 10.3 Å². The van der Waals surface area contributed by atoms with E-state index >= 15 is 0 Å². The van der Waals surface area contributed by atoms with Gasteiger partial charge in [0.05, 0.1) is 28.2 Å². The maximum absolute atomic E-state index is 13.4. The van der Waals surface area contributed by atoms with Gasteiger partial charge < -0.3 is 4.74 Å². The average Bonchev–Trinajstić information content (AvgIpc) is 2.74. The Hall–Kier alpha value is -2.54. The number of thioether (sulfide) groups is 1. The van der Waals surface area contributed by atoms with Crippen LogP contribution in [0.2, 0.25) is 10.0 Å². The van der Waals surface area contributed by atoms with Crippen molar-refractivity contribution in [3.63, 3.8) is 0 Å². The quantitative estimate of drug-likeness (QED) is 0.201. The highest BCUT2D eigenvalue weighted by Crippen LogP contribution is 2.28. The van der Waals surface area contributed by atoms with Crippen molar-refractivity contribution >= 4 is 45.9 Å². The molecule has 0 aliphatic carbocycles. The van der Waals surface area contributed by atoms with E-state index in [9.17, 15) is 9.18 Å². The monoisotopic (exact) mass is 460 g/mol. The fourth-order valence-electron chi connectivity index (χ4n) is 2.90. The van der Waals surface area contributed by atoms with Crippen LogP contribution in [0.3, 0.4) is 0 Å². The maximum Gasteiger partial charge on any atom is 0.266 e. The van der Waals surface area contributed by atoms with Gasteiger partial charge in [-0.05, 0) is 54.6 Å². The minimum absolute atomic E-state index is 0.212. The molecule has 0 N–H and O–H groups in total. The lowest BCUT2D eigenvalue weighted by molar-refractivity contribution is 0.344. The molecule has 1 heterocycles. The molecule has 0 aliphatic heterocycles. The van der Waals surface area contributed by atoms with Crippen molar-refractivity contribution in [2.24, 2.45) is 0 Å². The van der Waals surface area contributed by atoms with Gasteiger partial charge in [0.15, 0.2) is 5.16 Å². The molecule has 152 valence electrons. The van der Waals surface area contributed by atoms with Crippen molar-refractivity contribution < 1.29 is 9.13 Å². The molecule has 0 radical (unpaired) electrons. The van der Waals surface area contributed by atoms with E-state index in [2.05, 4.69) is 4.98 Å². The standard InChI is InChI=1S/C22H15Cl2FN2O2S/c23-14-5-10-20(18(24)13-14)29-11-12-30-22-26-19-4-2-1-3-17(19)21(28)27(22)16-8-6-15(25)7-9-16/h1-10,13H,11-12H2. The first-order chi connectivity index (χ1) is 14.5. The van der Waals surface area contributed by atoms with Crippen molar-refractivity contribution in [2.75, 3.05) is 12.4 Å². The SMILES string of the molecule is O=c1c2ccccc2nc(SCCOc2ccc(Cl)cc2Cl)n1-c1ccc(F)cc1. The summed E-state index contributed by atoms with van der Waals surface area (Å²) in [6.45, 7) is 0.345. The summed E-state index contributed by atoms with van der Waals surface area (Å²) >= 11 is 13.4. The van der Waals surface area contributed by atoms with E-state index in [4.69, 9.17) is 27.9 Å². The molecule has 0 unspecified atom stereocenters. The Bertz CT molecular complexity index is 1260. The predicted octanol–water partition coefficient (Wildman–Crippen LogP) is 6.00. The number of benzene rings is 3. The third-order valence-corrected chi connectivity index (χ3v) is 5.73. The third kappa shape index (κ3) is 4.46. The fourth-order valence-corrected chi connectivity index (χ4v) is 4.20. The number of halogens is 3. The van der Waals surface area contributed by atoms with Gasteiger partial charge in [0.2, 0.25) is 0 Å². The number of hydrogen-bond acceptors (Lipinski definition) is 4. The molecule has 30 heavy (non-hydrogen) atoms. The summed E-state index contributed by atoms with van der Waals surface area (Å²) in [7, 11) is 0. The first-order valence-corrected chi connectivity index (χ1v) is 10.8. The Morgan fingerprint density at radius 2 is 1.80 bits per heavy atom. The van der Waals surface area contributed by atoms with Gasteiger partial charge in [0.25, 0.3) is 5.56 Å². The van der Waals surface area contributed by atoms with Crippen molar-refractivity contribution in [2.45, 2.75) is 5.16 Å². The van der Waals surface area contributed by atoms with Gasteiger partial charge in [-0.1, -0.05) is 47.1 Å². The van der Waals surface area contributed by atoms with E-state index in [1.54, 1.807) is 48.5 Å². The van der Waals surface area contributed by atoms with Crippen LogP contribution in [0.1, 0.15) is 0 Å². The summed E-state index contributed by atoms with van der Waals surface area (Å²) in [4.78, 5) is 17.8. The number of rotatable bonds is 6. The Morgan fingerprint density at radius 3 is 2.57 bits per heavy atom. The minimum atomic E-state index is -0.372. The zero-order valence-electron chi connectivity index (χ0n) is 15.5. The van der Waals surface area contributed by atoms with E-state index in [0.717, 1.165) is 0 Å². The second kappa shape index (κ2) is 9.08. The van der Waals surface area contributed by atoms with Gasteiger partial charge in [-0.25, -0.2) is 9.37 Å². The molecule has 0 amide bonds. The summed E-state index contributed by atoms with van der Waals surface area (Å²) in [6.07, 6.45) is 0. The molecule has 0 fully saturated rings. The average molecular weight is 461 g/mol. The largest absolute Gasteiger partial charge is 0.491 e. The normalized spacial score (nSPS) is 11.0. The number of para-hydroxylation sites is 1. The van der Waals surface area contributed by atoms with E-state index < -0.39 is 0 Å². The van der Waals surface area contributed by atoms with Crippen molar-refractivity contribution in [3.05, 3.63) is 92.9 Å². The van der Waals surface area contributed by atoms with Crippen LogP contribution in [0, 0.1) is 5.82 Å². The lowest BCUT2D eigenvalue weighted by atomic mass is 10.2. The van der Waals surface area contributed by atoms with Crippen LogP contribution in [-0.2, 0) is 0 Å². The van der Waals surface area contributed by atoms with Crippen molar-refractivity contribution in [3.8, 4) is 11.4 Å². The second-order valence-corrected chi connectivity index (χ2v) is 8.21. The second-order valence-electron chi connectivity index (χ2n) is 6.30. The highest BCUT2D eigenvalue weighted by molar-refractivity contribution is 7.99. The van der Waals surface area contributed by atoms with Crippen LogP contribution >= 0.6 is 35.0 Å². The van der Waals surface area contributed by atoms with E-state index in [1.807, 2.05) is 6.07 Å². The minimum Gasteiger partial charge on any atom is -0.491 e. The Labute approximate surface area is 186 Å². The van der Waals surface area contributed by atoms with E-state index in [1.165, 1.54) is 28.5 Å². The molecule has 3 aromatic carbocycles. The molecule has 0 saturated heterocycles. The summed E-state index contributed by atoms with van der Waals surface area (Å²) in [5.74, 6) is 0.678. The van der Waals surface area contributed by atoms with Crippen LogP contribution in [-0.4, -0.2) is 21.9 Å². The third-order valence-electron chi connectivity index (χ3n) is 4.30. The van der Waals surface area contributed by atoms with Gasteiger partial charge in [-0.15, -0.1) is 0 Å². The topological polar surface area (TPSA) is 44.1 Å².